The Morgan fingerprint density at radius 1 is 1.35 bits per heavy atom. The molecule has 1 aromatic rings. The summed E-state index contributed by atoms with van der Waals surface area (Å²) in [6.07, 6.45) is 2.25. The molecule has 0 bridgehead atoms. The maximum absolute atomic E-state index is 12.0. The number of carbonyl (C=O) groups excluding carboxylic acids is 1. The molecule has 0 saturated heterocycles. The van der Waals surface area contributed by atoms with Gasteiger partial charge in [-0.1, -0.05) is 13.8 Å². The number of aromatic carboxylic acids is 1. The van der Waals surface area contributed by atoms with Crippen molar-refractivity contribution < 1.29 is 14.7 Å². The number of urea groups is 1. The first kappa shape index (κ1) is 15.9. The molecule has 0 radical (unpaired) electrons. The number of anilines is 1. The summed E-state index contributed by atoms with van der Waals surface area (Å²) in [5.41, 5.74) is 0.424. The van der Waals surface area contributed by atoms with Gasteiger partial charge in [0.2, 0.25) is 0 Å². The van der Waals surface area contributed by atoms with Crippen LogP contribution >= 0.6 is 0 Å². The number of rotatable bonds is 5. The van der Waals surface area contributed by atoms with E-state index in [1.165, 1.54) is 18.3 Å². The van der Waals surface area contributed by atoms with Crippen molar-refractivity contribution >= 4 is 17.7 Å². The van der Waals surface area contributed by atoms with Gasteiger partial charge >= 0.3 is 12.0 Å². The minimum absolute atomic E-state index is 0.0514. The molecule has 1 rings (SSSR count). The van der Waals surface area contributed by atoms with Gasteiger partial charge in [-0.2, -0.15) is 0 Å². The Kier molecular flexibility index (Phi) is 5.49. The number of carboxylic acid groups (broad SMARTS) is 1. The van der Waals surface area contributed by atoms with E-state index in [0.29, 0.717) is 11.6 Å². The van der Waals surface area contributed by atoms with Crippen LogP contribution < -0.4 is 5.32 Å². The standard InChI is InChI=1S/C14H21N3O3/c1-9(2)7-10(3)17(4)14(20)16-11-5-6-12(13(18)19)15-8-11/h5-6,8-10H,7H2,1-4H3,(H,16,20)(H,18,19). The van der Waals surface area contributed by atoms with E-state index in [4.69, 9.17) is 5.11 Å². The van der Waals surface area contributed by atoms with E-state index in [9.17, 15) is 9.59 Å². The zero-order chi connectivity index (χ0) is 15.3. The van der Waals surface area contributed by atoms with Gasteiger partial charge in [-0.15, -0.1) is 0 Å². The van der Waals surface area contributed by atoms with Crippen LogP contribution in [0, 0.1) is 5.92 Å². The first-order chi connectivity index (χ1) is 9.31. The van der Waals surface area contributed by atoms with Crippen molar-refractivity contribution in [1.29, 1.82) is 0 Å². The number of nitrogens with one attached hydrogen (secondary N) is 1. The monoisotopic (exact) mass is 279 g/mol. The molecule has 1 atom stereocenters. The molecule has 6 heteroatoms. The molecule has 0 fully saturated rings. The van der Waals surface area contributed by atoms with Crippen LogP contribution in [0.3, 0.4) is 0 Å². The fourth-order valence-electron chi connectivity index (χ4n) is 1.85. The van der Waals surface area contributed by atoms with Crippen LogP contribution in [-0.4, -0.2) is 40.1 Å². The van der Waals surface area contributed by atoms with Crippen molar-refractivity contribution in [1.82, 2.24) is 9.88 Å². The molecule has 2 amide bonds. The third-order valence-corrected chi connectivity index (χ3v) is 3.03. The van der Waals surface area contributed by atoms with Gasteiger partial charge < -0.3 is 15.3 Å². The van der Waals surface area contributed by atoms with Crippen molar-refractivity contribution in [3.05, 3.63) is 24.0 Å². The number of carboxylic acids is 1. The number of carbonyl (C=O) groups is 2. The molecule has 1 heterocycles. The van der Waals surface area contributed by atoms with E-state index in [2.05, 4.69) is 24.1 Å². The Morgan fingerprint density at radius 2 is 2.00 bits per heavy atom. The maximum atomic E-state index is 12.0. The van der Waals surface area contributed by atoms with Gasteiger partial charge in [0.05, 0.1) is 11.9 Å². The molecule has 20 heavy (non-hydrogen) atoms. The lowest BCUT2D eigenvalue weighted by Gasteiger charge is -2.26. The lowest BCUT2D eigenvalue weighted by molar-refractivity contribution is 0.0690. The largest absolute Gasteiger partial charge is 0.477 e. The Morgan fingerprint density at radius 3 is 2.45 bits per heavy atom. The number of aromatic nitrogens is 1. The summed E-state index contributed by atoms with van der Waals surface area (Å²) in [7, 11) is 1.74. The fourth-order valence-corrected chi connectivity index (χ4v) is 1.85. The molecular formula is C14H21N3O3. The fraction of sp³-hybridized carbons (Fsp3) is 0.500. The molecule has 6 nitrogen and oxygen atoms in total. The number of amides is 2. The van der Waals surface area contributed by atoms with Crippen molar-refractivity contribution in [2.45, 2.75) is 33.2 Å². The molecule has 0 aliphatic heterocycles. The molecule has 2 N–H and O–H groups in total. The Balaban J connectivity index is 2.63. The van der Waals surface area contributed by atoms with Crippen LogP contribution in [0.15, 0.2) is 18.3 Å². The predicted octanol–water partition coefficient (Wildman–Crippen LogP) is 2.68. The smallest absolute Gasteiger partial charge is 0.354 e. The molecule has 110 valence electrons. The van der Waals surface area contributed by atoms with E-state index in [0.717, 1.165) is 6.42 Å². The highest BCUT2D eigenvalue weighted by molar-refractivity contribution is 5.90. The zero-order valence-corrected chi connectivity index (χ0v) is 12.3. The minimum Gasteiger partial charge on any atom is -0.477 e. The van der Waals surface area contributed by atoms with Gasteiger partial charge in [0.25, 0.3) is 0 Å². The summed E-state index contributed by atoms with van der Waals surface area (Å²) in [5, 5.41) is 11.4. The molecule has 0 saturated carbocycles. The summed E-state index contributed by atoms with van der Waals surface area (Å²) < 4.78 is 0. The van der Waals surface area contributed by atoms with Crippen molar-refractivity contribution in [3.8, 4) is 0 Å². The summed E-state index contributed by atoms with van der Waals surface area (Å²) in [6.45, 7) is 6.21. The lowest BCUT2D eigenvalue weighted by Crippen LogP contribution is -2.38. The van der Waals surface area contributed by atoms with E-state index in [1.807, 2.05) is 6.92 Å². The molecular weight excluding hydrogens is 258 g/mol. The van der Waals surface area contributed by atoms with Crippen LogP contribution in [0.2, 0.25) is 0 Å². The maximum Gasteiger partial charge on any atom is 0.354 e. The number of nitrogens with zero attached hydrogens (tertiary/aromatic N) is 2. The lowest BCUT2D eigenvalue weighted by atomic mass is 10.0. The highest BCUT2D eigenvalue weighted by Crippen LogP contribution is 2.12. The molecule has 0 aliphatic carbocycles. The summed E-state index contributed by atoms with van der Waals surface area (Å²) in [4.78, 5) is 28.1. The van der Waals surface area contributed by atoms with Crippen LogP contribution in [0.25, 0.3) is 0 Å². The highest BCUT2D eigenvalue weighted by atomic mass is 16.4. The van der Waals surface area contributed by atoms with Gasteiger partial charge in [-0.3, -0.25) is 0 Å². The number of hydrogen-bond acceptors (Lipinski definition) is 3. The normalized spacial score (nSPS) is 12.1. The van der Waals surface area contributed by atoms with Crippen molar-refractivity contribution in [2.75, 3.05) is 12.4 Å². The molecule has 1 unspecified atom stereocenters. The van der Waals surface area contributed by atoms with E-state index >= 15 is 0 Å². The Hall–Kier alpha value is -2.11. The number of pyridine rings is 1. The first-order valence-electron chi connectivity index (χ1n) is 6.54. The third-order valence-electron chi connectivity index (χ3n) is 3.03. The van der Waals surface area contributed by atoms with Crippen LogP contribution in [0.4, 0.5) is 10.5 Å². The minimum atomic E-state index is -1.09. The Labute approximate surface area is 118 Å². The van der Waals surface area contributed by atoms with E-state index < -0.39 is 5.97 Å². The Bertz CT molecular complexity index is 471. The van der Waals surface area contributed by atoms with Gasteiger partial charge in [0, 0.05) is 13.1 Å². The van der Waals surface area contributed by atoms with Gasteiger partial charge in [-0.25, -0.2) is 14.6 Å². The molecule has 0 aromatic carbocycles. The van der Waals surface area contributed by atoms with Crippen LogP contribution in [-0.2, 0) is 0 Å². The average Bonchev–Trinajstić information content (AvgIpc) is 2.37. The zero-order valence-electron chi connectivity index (χ0n) is 12.3. The van der Waals surface area contributed by atoms with Crippen LogP contribution in [0.5, 0.6) is 0 Å². The number of hydrogen-bond donors (Lipinski definition) is 2. The summed E-state index contributed by atoms with van der Waals surface area (Å²) in [5.74, 6) is -0.581. The molecule has 0 spiro atoms. The van der Waals surface area contributed by atoms with E-state index in [1.54, 1.807) is 11.9 Å². The second-order valence-corrected chi connectivity index (χ2v) is 5.26. The van der Waals surface area contributed by atoms with Crippen LogP contribution in [0.1, 0.15) is 37.7 Å². The summed E-state index contributed by atoms with van der Waals surface area (Å²) >= 11 is 0. The SMILES string of the molecule is CC(C)CC(C)N(C)C(=O)Nc1ccc(C(=O)O)nc1. The van der Waals surface area contributed by atoms with Gasteiger partial charge in [0.15, 0.2) is 0 Å². The highest BCUT2D eigenvalue weighted by Gasteiger charge is 2.17. The average molecular weight is 279 g/mol. The van der Waals surface area contributed by atoms with Gasteiger partial charge in [-0.05, 0) is 31.4 Å². The second kappa shape index (κ2) is 6.88. The molecule has 1 aromatic heterocycles. The quantitative estimate of drug-likeness (QED) is 0.868. The van der Waals surface area contributed by atoms with Crippen molar-refractivity contribution in [3.63, 3.8) is 0 Å². The van der Waals surface area contributed by atoms with E-state index in [-0.39, 0.29) is 17.8 Å². The summed E-state index contributed by atoms with van der Waals surface area (Å²) in [6, 6.07) is 2.77. The predicted molar refractivity (Wildman–Crippen MR) is 76.9 cm³/mol. The third kappa shape index (κ3) is 4.53. The van der Waals surface area contributed by atoms with Crippen molar-refractivity contribution in [2.24, 2.45) is 5.92 Å². The van der Waals surface area contributed by atoms with Gasteiger partial charge in [0.1, 0.15) is 5.69 Å². The second-order valence-electron chi connectivity index (χ2n) is 5.26. The molecule has 0 aliphatic rings. The topological polar surface area (TPSA) is 82.5 Å². The first-order valence-corrected chi connectivity index (χ1v) is 6.54.